The largest absolute Gasteiger partial charge is 0.493 e. The van der Waals surface area contributed by atoms with E-state index in [0.717, 1.165) is 28.3 Å². The molecule has 27 heavy (non-hydrogen) atoms. The Morgan fingerprint density at radius 2 is 1.96 bits per heavy atom. The third-order valence-electron chi connectivity index (χ3n) is 4.61. The van der Waals surface area contributed by atoms with Gasteiger partial charge in [-0.3, -0.25) is 0 Å². The Labute approximate surface area is 153 Å². The van der Waals surface area contributed by atoms with Crippen molar-refractivity contribution < 1.29 is 9.52 Å². The number of H-pyrrole nitrogens is 1. The number of aromatic amines is 1. The highest BCUT2D eigenvalue weighted by molar-refractivity contribution is 6.05. The molecule has 3 aromatic heterocycles. The Morgan fingerprint density at radius 1 is 1.07 bits per heavy atom. The first-order valence-corrected chi connectivity index (χ1v) is 8.62. The summed E-state index contributed by atoms with van der Waals surface area (Å²) < 4.78 is 5.86. The summed E-state index contributed by atoms with van der Waals surface area (Å²) in [5, 5.41) is 20.4. The van der Waals surface area contributed by atoms with Crippen LogP contribution in [0, 0.1) is 0 Å². The Bertz CT molecular complexity index is 1330. The number of aromatic hydroxyl groups is 1. The summed E-state index contributed by atoms with van der Waals surface area (Å²) in [5.41, 5.74) is 4.20. The van der Waals surface area contributed by atoms with Crippen LogP contribution in [0.25, 0.3) is 33.0 Å². The summed E-state index contributed by atoms with van der Waals surface area (Å²) >= 11 is 0. The quantitative estimate of drug-likeness (QED) is 0.414. The number of nitrogens with zero attached hydrogens (tertiary/aromatic N) is 4. The lowest BCUT2D eigenvalue weighted by Crippen LogP contribution is -1.79. The van der Waals surface area contributed by atoms with E-state index in [9.17, 15) is 5.11 Å². The van der Waals surface area contributed by atoms with Crippen molar-refractivity contribution in [3.8, 4) is 5.88 Å². The summed E-state index contributed by atoms with van der Waals surface area (Å²) in [7, 11) is 0. The van der Waals surface area contributed by atoms with E-state index in [0.29, 0.717) is 28.2 Å². The number of azo groups is 1. The number of aryl methyl sites for hydroxylation is 1. The predicted octanol–water partition coefficient (Wildman–Crippen LogP) is 5.54. The van der Waals surface area contributed by atoms with Crippen LogP contribution in [-0.4, -0.2) is 20.1 Å². The number of nitrogens with one attached hydrogen (secondary N) is 1. The predicted molar refractivity (Wildman–Crippen MR) is 103 cm³/mol. The van der Waals surface area contributed by atoms with E-state index in [1.165, 1.54) is 6.33 Å². The first-order valence-electron chi connectivity index (χ1n) is 8.62. The lowest BCUT2D eigenvalue weighted by Gasteiger charge is -1.97. The number of hydrogen-bond acceptors (Lipinski definition) is 6. The second-order valence-corrected chi connectivity index (χ2v) is 6.23. The van der Waals surface area contributed by atoms with Gasteiger partial charge in [-0.15, -0.1) is 10.2 Å². The zero-order valence-electron chi connectivity index (χ0n) is 14.5. The molecule has 0 atom stereocenters. The summed E-state index contributed by atoms with van der Waals surface area (Å²) in [5.74, 6) is 0.286. The van der Waals surface area contributed by atoms with Crippen LogP contribution in [-0.2, 0) is 6.42 Å². The van der Waals surface area contributed by atoms with E-state index in [2.05, 4.69) is 32.1 Å². The molecule has 5 rings (SSSR count). The fourth-order valence-corrected chi connectivity index (χ4v) is 3.21. The molecular weight excluding hydrogens is 342 g/mol. The van der Waals surface area contributed by atoms with Crippen LogP contribution in [0.4, 0.5) is 11.5 Å². The molecule has 0 saturated heterocycles. The molecule has 0 saturated carbocycles. The van der Waals surface area contributed by atoms with Crippen molar-refractivity contribution in [2.24, 2.45) is 10.2 Å². The van der Waals surface area contributed by atoms with E-state index in [1.54, 1.807) is 0 Å². The van der Waals surface area contributed by atoms with Crippen molar-refractivity contribution in [2.75, 3.05) is 0 Å². The standard InChI is InChI=1S/C20H15N5O2/c1-2-11-7-8-14-13(9-11)17(20(26)23-14)24-25-19-18-16(21-10-22-19)12-5-3-4-6-15(12)27-18/h3-10,23,26H,2H2,1H3. The number of rotatable bonds is 3. The molecular formula is C20H15N5O2. The van der Waals surface area contributed by atoms with E-state index < -0.39 is 0 Å². The monoisotopic (exact) mass is 357 g/mol. The molecule has 0 aliphatic carbocycles. The Morgan fingerprint density at radius 3 is 2.85 bits per heavy atom. The number of furan rings is 1. The molecule has 0 amide bonds. The minimum Gasteiger partial charge on any atom is -0.493 e. The van der Waals surface area contributed by atoms with Crippen LogP contribution in [0.3, 0.4) is 0 Å². The van der Waals surface area contributed by atoms with Gasteiger partial charge >= 0.3 is 0 Å². The zero-order chi connectivity index (χ0) is 18.4. The number of aromatic nitrogens is 3. The molecule has 0 radical (unpaired) electrons. The fraction of sp³-hybridized carbons (Fsp3) is 0.100. The molecule has 5 aromatic rings. The molecule has 0 unspecified atom stereocenters. The van der Waals surface area contributed by atoms with Crippen LogP contribution >= 0.6 is 0 Å². The minimum absolute atomic E-state index is 0.0306. The number of hydrogen-bond donors (Lipinski definition) is 2. The van der Waals surface area contributed by atoms with Crippen LogP contribution in [0.1, 0.15) is 12.5 Å². The number of benzene rings is 2. The summed E-state index contributed by atoms with van der Waals surface area (Å²) in [4.78, 5) is 11.4. The molecule has 0 fully saturated rings. The van der Waals surface area contributed by atoms with Crippen molar-refractivity contribution in [3.63, 3.8) is 0 Å². The van der Waals surface area contributed by atoms with E-state index in [-0.39, 0.29) is 5.88 Å². The normalized spacial score (nSPS) is 12.0. The summed E-state index contributed by atoms with van der Waals surface area (Å²) in [6.07, 6.45) is 2.33. The zero-order valence-corrected chi connectivity index (χ0v) is 14.5. The van der Waals surface area contributed by atoms with Gasteiger partial charge in [0.15, 0.2) is 11.3 Å². The first kappa shape index (κ1) is 15.5. The van der Waals surface area contributed by atoms with E-state index in [4.69, 9.17) is 4.42 Å². The lowest BCUT2D eigenvalue weighted by molar-refractivity contribution is 0.459. The van der Waals surface area contributed by atoms with Gasteiger partial charge in [-0.1, -0.05) is 25.1 Å². The van der Waals surface area contributed by atoms with Crippen molar-refractivity contribution in [2.45, 2.75) is 13.3 Å². The van der Waals surface area contributed by atoms with Crippen LogP contribution in [0.15, 0.2) is 63.4 Å². The minimum atomic E-state index is -0.0306. The molecule has 7 nitrogen and oxygen atoms in total. The van der Waals surface area contributed by atoms with Gasteiger partial charge in [-0.05, 0) is 36.2 Å². The third kappa shape index (κ3) is 2.43. The maximum atomic E-state index is 10.2. The highest BCUT2D eigenvalue weighted by Crippen LogP contribution is 2.38. The molecule has 7 heteroatoms. The Hall–Kier alpha value is -3.74. The molecule has 0 bridgehead atoms. The SMILES string of the molecule is CCc1ccc2[nH]c(O)c(N=Nc3ncnc4c3oc3ccccc34)c2c1. The highest BCUT2D eigenvalue weighted by atomic mass is 16.3. The Balaban J connectivity index is 1.66. The topological polar surface area (TPSA) is 99.7 Å². The molecule has 0 aliphatic heterocycles. The van der Waals surface area contributed by atoms with Gasteiger partial charge in [-0.2, -0.15) is 0 Å². The number of para-hydroxylation sites is 1. The second kappa shape index (κ2) is 5.91. The maximum absolute atomic E-state index is 10.2. The smallest absolute Gasteiger partial charge is 0.221 e. The van der Waals surface area contributed by atoms with Crippen LogP contribution in [0.5, 0.6) is 5.88 Å². The molecule has 0 spiro atoms. The van der Waals surface area contributed by atoms with E-state index >= 15 is 0 Å². The highest BCUT2D eigenvalue weighted by Gasteiger charge is 2.14. The van der Waals surface area contributed by atoms with Gasteiger partial charge in [0.05, 0.1) is 5.52 Å². The molecule has 3 heterocycles. The van der Waals surface area contributed by atoms with Gasteiger partial charge in [0.25, 0.3) is 0 Å². The van der Waals surface area contributed by atoms with Crippen LogP contribution in [0.2, 0.25) is 0 Å². The molecule has 0 aliphatic rings. The second-order valence-electron chi connectivity index (χ2n) is 6.23. The molecule has 132 valence electrons. The van der Waals surface area contributed by atoms with Gasteiger partial charge in [0, 0.05) is 10.8 Å². The van der Waals surface area contributed by atoms with Gasteiger partial charge < -0.3 is 14.5 Å². The fourth-order valence-electron chi connectivity index (χ4n) is 3.21. The van der Waals surface area contributed by atoms with Crippen molar-refractivity contribution >= 4 is 44.5 Å². The van der Waals surface area contributed by atoms with Gasteiger partial charge in [0.1, 0.15) is 17.4 Å². The average molecular weight is 357 g/mol. The summed E-state index contributed by atoms with van der Waals surface area (Å²) in [6, 6.07) is 13.6. The lowest BCUT2D eigenvalue weighted by atomic mass is 10.1. The average Bonchev–Trinajstić information content (AvgIpc) is 3.23. The molecule has 2 aromatic carbocycles. The Kier molecular flexibility index (Phi) is 3.39. The van der Waals surface area contributed by atoms with Crippen molar-refractivity contribution in [1.29, 1.82) is 0 Å². The third-order valence-corrected chi connectivity index (χ3v) is 4.61. The number of fused-ring (bicyclic) bond motifs is 4. The van der Waals surface area contributed by atoms with E-state index in [1.807, 2.05) is 42.5 Å². The van der Waals surface area contributed by atoms with Crippen molar-refractivity contribution in [1.82, 2.24) is 15.0 Å². The van der Waals surface area contributed by atoms with Gasteiger partial charge in [-0.25, -0.2) is 9.97 Å². The van der Waals surface area contributed by atoms with Gasteiger partial charge in [0.2, 0.25) is 11.7 Å². The summed E-state index contributed by atoms with van der Waals surface area (Å²) in [6.45, 7) is 2.08. The van der Waals surface area contributed by atoms with Crippen LogP contribution < -0.4 is 0 Å². The molecule has 2 N–H and O–H groups in total. The van der Waals surface area contributed by atoms with Crippen molar-refractivity contribution in [3.05, 3.63) is 54.4 Å². The first-order chi connectivity index (χ1) is 13.2. The maximum Gasteiger partial charge on any atom is 0.221 e.